The first kappa shape index (κ1) is 69.7. The molecule has 0 saturated carbocycles. The number of allylic oxidation sites excluding steroid dienone is 12. The first-order valence-corrected chi connectivity index (χ1v) is 30.1. The van der Waals surface area contributed by atoms with Crippen molar-refractivity contribution in [3.8, 4) is 0 Å². The highest BCUT2D eigenvalue weighted by Crippen LogP contribution is 2.17. The van der Waals surface area contributed by atoms with Gasteiger partial charge in [0.1, 0.15) is 13.2 Å². The van der Waals surface area contributed by atoms with E-state index in [9.17, 15) is 19.5 Å². The van der Waals surface area contributed by atoms with Crippen molar-refractivity contribution in [1.29, 1.82) is 0 Å². The van der Waals surface area contributed by atoms with Crippen LogP contribution in [0, 0.1) is 0 Å². The Morgan fingerprint density at radius 2 is 0.781 bits per heavy atom. The van der Waals surface area contributed by atoms with Crippen LogP contribution < -0.4 is 0 Å². The van der Waals surface area contributed by atoms with Crippen molar-refractivity contribution in [1.82, 2.24) is 0 Å². The van der Waals surface area contributed by atoms with Gasteiger partial charge in [-0.1, -0.05) is 254 Å². The molecule has 2 atom stereocenters. The Labute approximate surface area is 449 Å². The highest BCUT2D eigenvalue weighted by molar-refractivity contribution is 5.71. The summed E-state index contributed by atoms with van der Waals surface area (Å²) in [5.74, 6) is -2.00. The maximum atomic E-state index is 12.8. The molecule has 422 valence electrons. The predicted molar refractivity (Wildman–Crippen MR) is 309 cm³/mol. The molecular formula is C64H114NO8+. The molecule has 0 spiro atoms. The minimum absolute atomic E-state index is 0.179. The number of hydrogen-bond acceptors (Lipinski definition) is 7. The molecule has 9 nitrogen and oxygen atoms in total. The van der Waals surface area contributed by atoms with Crippen LogP contribution in [0.5, 0.6) is 0 Å². The van der Waals surface area contributed by atoms with E-state index in [0.29, 0.717) is 17.4 Å². The molecule has 2 unspecified atom stereocenters. The van der Waals surface area contributed by atoms with Gasteiger partial charge in [-0.15, -0.1) is 0 Å². The second-order valence-electron chi connectivity index (χ2n) is 21.3. The SMILES string of the molecule is CC/C=C\C/C=C\C/C=C\C/C=C\C/C=C\C/C=C\CCCCCCCCCCCCCCCCCCCCCCC(=O)OC(COC(=O)CCCCCCCCCCC)COC(OCC[N+](C)(C)C)C(=O)O. The molecule has 0 aromatic carbocycles. The highest BCUT2D eigenvalue weighted by Gasteiger charge is 2.25. The number of ether oxygens (including phenoxy) is 4. The molecule has 0 saturated heterocycles. The van der Waals surface area contributed by atoms with E-state index >= 15 is 0 Å². The highest BCUT2D eigenvalue weighted by atomic mass is 16.7. The number of hydrogen-bond donors (Lipinski definition) is 1. The third-order valence-electron chi connectivity index (χ3n) is 13.0. The second-order valence-corrected chi connectivity index (χ2v) is 21.3. The number of likely N-dealkylation sites (N-methyl/N-ethyl adjacent to an activating group) is 1. The summed E-state index contributed by atoms with van der Waals surface area (Å²) in [5.41, 5.74) is 0. The lowest BCUT2D eigenvalue weighted by Crippen LogP contribution is -2.40. The second kappa shape index (κ2) is 55.0. The third kappa shape index (κ3) is 56.3. The van der Waals surface area contributed by atoms with E-state index in [1.54, 1.807) is 0 Å². The number of quaternary nitrogens is 1. The Morgan fingerprint density at radius 1 is 0.425 bits per heavy atom. The van der Waals surface area contributed by atoms with Gasteiger partial charge in [0.05, 0.1) is 34.4 Å². The number of carboxylic acids is 1. The topological polar surface area (TPSA) is 108 Å². The molecule has 0 heterocycles. The average molecular weight is 1030 g/mol. The standard InChI is InChI=1S/C64H113NO8/c1-6-8-10-12-14-16-17-18-19-20-21-22-23-24-25-26-27-28-29-30-31-32-33-34-35-36-37-38-39-40-41-42-43-44-45-47-49-51-53-55-62(67)73-60(59-72-64(63(68)69)70-57-56-65(3,4)5)58-71-61(66)54-52-50-48-46-15-13-11-9-7-2/h8,10,14,16,18-19,21-22,24-25,27-28,60,64H,6-7,9,11-13,15,17,20,23,26,29-59H2,1-5H3/p+1/b10-8-,16-14-,19-18-,22-21-,25-24-,28-27-. The van der Waals surface area contributed by atoms with Crippen molar-refractivity contribution in [3.63, 3.8) is 0 Å². The molecule has 0 aromatic rings. The number of rotatable bonds is 55. The zero-order valence-electron chi connectivity index (χ0n) is 48.0. The molecule has 0 aliphatic carbocycles. The average Bonchev–Trinajstić information content (AvgIpc) is 3.36. The van der Waals surface area contributed by atoms with E-state index < -0.39 is 24.3 Å². The number of unbranched alkanes of at least 4 members (excludes halogenated alkanes) is 28. The normalized spacial score (nSPS) is 13.3. The molecule has 0 radical (unpaired) electrons. The van der Waals surface area contributed by atoms with Gasteiger partial charge in [0.2, 0.25) is 0 Å². The monoisotopic (exact) mass is 1020 g/mol. The molecule has 0 amide bonds. The number of aliphatic carboxylic acids is 1. The number of nitrogens with zero attached hydrogens (tertiary/aromatic N) is 1. The molecule has 1 N–H and O–H groups in total. The van der Waals surface area contributed by atoms with E-state index in [1.165, 1.54) is 154 Å². The van der Waals surface area contributed by atoms with Crippen molar-refractivity contribution in [2.45, 2.75) is 270 Å². The molecule has 0 bridgehead atoms. The summed E-state index contributed by atoms with van der Waals surface area (Å²) >= 11 is 0. The van der Waals surface area contributed by atoms with Crippen LogP contribution in [0.4, 0.5) is 0 Å². The Balaban J connectivity index is 3.92. The van der Waals surface area contributed by atoms with Crippen LogP contribution in [-0.2, 0) is 33.3 Å². The number of carboxylic acid groups (broad SMARTS) is 1. The molecular weight excluding hydrogens is 911 g/mol. The van der Waals surface area contributed by atoms with Gasteiger partial charge >= 0.3 is 17.9 Å². The summed E-state index contributed by atoms with van der Waals surface area (Å²) in [6.45, 7) is 4.75. The predicted octanol–water partition coefficient (Wildman–Crippen LogP) is 17.8. The van der Waals surface area contributed by atoms with Crippen molar-refractivity contribution in [2.24, 2.45) is 0 Å². The summed E-state index contributed by atoms with van der Waals surface area (Å²) < 4.78 is 22.8. The molecule has 0 aromatic heterocycles. The largest absolute Gasteiger partial charge is 0.477 e. The van der Waals surface area contributed by atoms with Crippen molar-refractivity contribution < 1.29 is 42.9 Å². The minimum Gasteiger partial charge on any atom is -0.477 e. The van der Waals surface area contributed by atoms with Crippen molar-refractivity contribution in [3.05, 3.63) is 72.9 Å². The fraction of sp³-hybridized carbons (Fsp3) is 0.766. The summed E-state index contributed by atoms with van der Waals surface area (Å²) in [7, 11) is 5.96. The van der Waals surface area contributed by atoms with Gasteiger partial charge < -0.3 is 28.5 Å². The van der Waals surface area contributed by atoms with Gasteiger partial charge in [0.25, 0.3) is 6.29 Å². The summed E-state index contributed by atoms with van der Waals surface area (Å²) in [5, 5.41) is 9.66. The van der Waals surface area contributed by atoms with E-state index in [-0.39, 0.29) is 32.2 Å². The number of carbonyl (C=O) groups is 3. The van der Waals surface area contributed by atoms with Crippen LogP contribution in [0.3, 0.4) is 0 Å². The lowest BCUT2D eigenvalue weighted by Gasteiger charge is -2.25. The maximum absolute atomic E-state index is 12.8. The van der Waals surface area contributed by atoms with Crippen LogP contribution in [0.25, 0.3) is 0 Å². The van der Waals surface area contributed by atoms with Crippen LogP contribution in [0.2, 0.25) is 0 Å². The van der Waals surface area contributed by atoms with Gasteiger partial charge in [-0.25, -0.2) is 4.79 Å². The van der Waals surface area contributed by atoms with Gasteiger partial charge in [0.15, 0.2) is 6.10 Å². The maximum Gasteiger partial charge on any atom is 0.361 e. The fourth-order valence-electron chi connectivity index (χ4n) is 8.37. The van der Waals surface area contributed by atoms with Gasteiger partial charge in [-0.2, -0.15) is 0 Å². The van der Waals surface area contributed by atoms with Gasteiger partial charge in [0, 0.05) is 12.8 Å². The molecule has 0 aliphatic heterocycles. The van der Waals surface area contributed by atoms with E-state index in [1.807, 2.05) is 21.1 Å². The fourth-order valence-corrected chi connectivity index (χ4v) is 8.37. The molecule has 9 heteroatoms. The number of esters is 2. The zero-order chi connectivity index (χ0) is 53.4. The Hall–Kier alpha value is -3.27. The van der Waals surface area contributed by atoms with E-state index in [4.69, 9.17) is 18.9 Å². The van der Waals surface area contributed by atoms with Crippen LogP contribution >= 0.6 is 0 Å². The Kier molecular flexibility index (Phi) is 52.5. The lowest BCUT2D eigenvalue weighted by atomic mass is 10.0. The molecule has 0 rings (SSSR count). The van der Waals surface area contributed by atoms with E-state index in [0.717, 1.165) is 77.0 Å². The molecule has 0 fully saturated rings. The van der Waals surface area contributed by atoms with Crippen LogP contribution in [-0.4, -0.2) is 87.4 Å². The smallest absolute Gasteiger partial charge is 0.361 e. The van der Waals surface area contributed by atoms with Crippen molar-refractivity contribution in [2.75, 3.05) is 47.5 Å². The van der Waals surface area contributed by atoms with Gasteiger partial charge in [-0.05, 0) is 64.2 Å². The molecule has 73 heavy (non-hydrogen) atoms. The van der Waals surface area contributed by atoms with Crippen LogP contribution in [0.1, 0.15) is 258 Å². The third-order valence-corrected chi connectivity index (χ3v) is 13.0. The van der Waals surface area contributed by atoms with Crippen LogP contribution in [0.15, 0.2) is 72.9 Å². The Morgan fingerprint density at radius 3 is 1.16 bits per heavy atom. The lowest BCUT2D eigenvalue weighted by molar-refractivity contribution is -0.870. The first-order valence-electron chi connectivity index (χ1n) is 30.1. The summed E-state index contributed by atoms with van der Waals surface area (Å²) in [6.07, 6.45) is 68.8. The van der Waals surface area contributed by atoms with Crippen molar-refractivity contribution >= 4 is 17.9 Å². The first-order chi connectivity index (χ1) is 35.6. The van der Waals surface area contributed by atoms with Gasteiger partial charge in [-0.3, -0.25) is 9.59 Å². The number of carbonyl (C=O) groups excluding carboxylic acids is 2. The quantitative estimate of drug-likeness (QED) is 0.0211. The zero-order valence-corrected chi connectivity index (χ0v) is 48.0. The Bertz CT molecular complexity index is 1420. The minimum atomic E-state index is -1.51. The molecule has 0 aliphatic rings. The van der Waals surface area contributed by atoms with E-state index in [2.05, 4.69) is 86.8 Å². The summed E-state index contributed by atoms with van der Waals surface area (Å²) in [4.78, 5) is 37.2. The summed E-state index contributed by atoms with van der Waals surface area (Å²) in [6, 6.07) is 0.